The van der Waals surface area contributed by atoms with Crippen molar-refractivity contribution in [2.24, 2.45) is 0 Å². The lowest BCUT2D eigenvalue weighted by atomic mass is 10.4. The molecule has 1 N–H and O–H groups in total. The molecular weight excluding hydrogens is 298 g/mol. The average Bonchev–Trinajstić information content (AvgIpc) is 2.78. The predicted octanol–water partition coefficient (Wildman–Crippen LogP) is 1.90. The molecule has 19 heavy (non-hydrogen) atoms. The maximum atomic E-state index is 12.5. The minimum Gasteiger partial charge on any atom is -0.481 e. The van der Waals surface area contributed by atoms with E-state index < -0.39 is 24.5 Å². The van der Waals surface area contributed by atoms with Gasteiger partial charge in [0.1, 0.15) is 4.83 Å². The largest absolute Gasteiger partial charge is 0.481 e. The van der Waals surface area contributed by atoms with Gasteiger partial charge >= 0.3 is 5.97 Å². The number of rotatable bonds is 5. The number of aliphatic carboxylic acids is 1. The van der Waals surface area contributed by atoms with Gasteiger partial charge in [-0.05, 0) is 11.4 Å². The van der Waals surface area contributed by atoms with Gasteiger partial charge in [-0.2, -0.15) is 0 Å². The lowest BCUT2D eigenvalue weighted by molar-refractivity contribution is -0.133. The maximum Gasteiger partial charge on any atom is 0.313 e. The Morgan fingerprint density at radius 3 is 2.95 bits per heavy atom. The number of carboxylic acid groups (broad SMARTS) is 1. The third-order valence-electron chi connectivity index (χ3n) is 2.19. The topological polar surface area (TPSA) is 72.2 Å². The second-order valence-corrected chi connectivity index (χ2v) is 5.36. The van der Waals surface area contributed by atoms with Crippen LogP contribution in [0.4, 0.5) is 8.78 Å². The lowest BCUT2D eigenvalue weighted by Crippen LogP contribution is -2.26. The standard InChI is InChI=1S/C10H8F2N2O3S2/c11-6(12)3-14-9(17)5-1-2-18-8(5)13-10(14)19-4-7(15)16/h1-2,6H,3-4H2,(H,15,16). The molecule has 102 valence electrons. The molecule has 0 unspecified atom stereocenters. The summed E-state index contributed by atoms with van der Waals surface area (Å²) < 4.78 is 25.8. The zero-order valence-electron chi connectivity index (χ0n) is 9.38. The van der Waals surface area contributed by atoms with Gasteiger partial charge in [-0.3, -0.25) is 14.2 Å². The van der Waals surface area contributed by atoms with Gasteiger partial charge in [-0.15, -0.1) is 11.3 Å². The number of carboxylic acids is 1. The normalized spacial score (nSPS) is 11.3. The van der Waals surface area contributed by atoms with Crippen LogP contribution < -0.4 is 5.56 Å². The van der Waals surface area contributed by atoms with Gasteiger partial charge in [0.15, 0.2) is 5.16 Å². The predicted molar refractivity (Wildman–Crippen MR) is 68.2 cm³/mol. The van der Waals surface area contributed by atoms with Gasteiger partial charge in [0.2, 0.25) is 0 Å². The van der Waals surface area contributed by atoms with Gasteiger partial charge in [0, 0.05) is 0 Å². The Morgan fingerprint density at radius 1 is 1.58 bits per heavy atom. The average molecular weight is 306 g/mol. The van der Waals surface area contributed by atoms with E-state index in [1.165, 1.54) is 17.4 Å². The number of hydrogen-bond acceptors (Lipinski definition) is 5. The molecule has 0 radical (unpaired) electrons. The molecule has 2 aromatic heterocycles. The van der Waals surface area contributed by atoms with Crippen molar-refractivity contribution in [2.45, 2.75) is 18.1 Å². The molecule has 0 bridgehead atoms. The molecule has 2 rings (SSSR count). The second-order valence-electron chi connectivity index (χ2n) is 3.52. The van der Waals surface area contributed by atoms with Crippen molar-refractivity contribution in [1.82, 2.24) is 9.55 Å². The summed E-state index contributed by atoms with van der Waals surface area (Å²) in [4.78, 5) is 27.0. The number of alkyl halides is 2. The van der Waals surface area contributed by atoms with E-state index in [-0.39, 0.29) is 16.3 Å². The molecule has 0 saturated carbocycles. The van der Waals surface area contributed by atoms with Crippen LogP contribution in [-0.4, -0.2) is 32.8 Å². The molecule has 0 saturated heterocycles. The van der Waals surface area contributed by atoms with Crippen LogP contribution in [0.2, 0.25) is 0 Å². The molecule has 0 spiro atoms. The highest BCUT2D eigenvalue weighted by molar-refractivity contribution is 7.99. The van der Waals surface area contributed by atoms with E-state index in [0.29, 0.717) is 4.83 Å². The Labute approximate surface area is 113 Å². The van der Waals surface area contributed by atoms with Crippen LogP contribution in [0.25, 0.3) is 10.2 Å². The summed E-state index contributed by atoms with van der Waals surface area (Å²) in [7, 11) is 0. The third kappa shape index (κ3) is 3.10. The lowest BCUT2D eigenvalue weighted by Gasteiger charge is -2.10. The summed E-state index contributed by atoms with van der Waals surface area (Å²) in [6, 6.07) is 1.52. The Balaban J connectivity index is 2.51. The van der Waals surface area contributed by atoms with Crippen molar-refractivity contribution in [2.75, 3.05) is 5.75 Å². The fourth-order valence-corrected chi connectivity index (χ4v) is 3.00. The summed E-state index contributed by atoms with van der Waals surface area (Å²) >= 11 is 1.96. The van der Waals surface area contributed by atoms with Crippen molar-refractivity contribution < 1.29 is 18.7 Å². The van der Waals surface area contributed by atoms with E-state index in [1.807, 2.05) is 0 Å². The third-order valence-corrected chi connectivity index (χ3v) is 3.96. The fourth-order valence-electron chi connectivity index (χ4n) is 1.47. The quantitative estimate of drug-likeness (QED) is 0.675. The Hall–Kier alpha value is -1.48. The summed E-state index contributed by atoms with van der Waals surface area (Å²) in [5, 5.41) is 10.5. The first-order chi connectivity index (χ1) is 8.99. The maximum absolute atomic E-state index is 12.5. The molecule has 5 nitrogen and oxygen atoms in total. The molecule has 0 fully saturated rings. The van der Waals surface area contributed by atoms with E-state index >= 15 is 0 Å². The molecule has 2 heterocycles. The van der Waals surface area contributed by atoms with Gasteiger partial charge in [0.25, 0.3) is 12.0 Å². The first-order valence-electron chi connectivity index (χ1n) is 5.10. The summed E-state index contributed by atoms with van der Waals surface area (Å²) in [6.07, 6.45) is -2.71. The van der Waals surface area contributed by atoms with Crippen molar-refractivity contribution in [3.05, 3.63) is 21.8 Å². The SMILES string of the molecule is O=C(O)CSc1nc2sccc2c(=O)n1CC(F)F. The number of thiophene rings is 1. The molecule has 0 aromatic carbocycles. The van der Waals surface area contributed by atoms with Crippen LogP contribution in [0.1, 0.15) is 0 Å². The molecule has 0 atom stereocenters. The first-order valence-corrected chi connectivity index (χ1v) is 6.96. The molecule has 0 aliphatic rings. The second kappa shape index (κ2) is 5.66. The number of halogens is 2. The number of carbonyl (C=O) groups is 1. The van der Waals surface area contributed by atoms with E-state index in [0.717, 1.165) is 16.3 Å². The first kappa shape index (κ1) is 13.9. The van der Waals surface area contributed by atoms with Crippen LogP contribution in [0.3, 0.4) is 0 Å². The molecular formula is C10H8F2N2O3S2. The van der Waals surface area contributed by atoms with E-state index in [9.17, 15) is 18.4 Å². The van der Waals surface area contributed by atoms with Gasteiger partial charge in [-0.1, -0.05) is 11.8 Å². The number of fused-ring (bicyclic) bond motifs is 1. The molecule has 0 aliphatic carbocycles. The smallest absolute Gasteiger partial charge is 0.313 e. The molecule has 9 heteroatoms. The number of nitrogens with zero attached hydrogens (tertiary/aromatic N) is 2. The van der Waals surface area contributed by atoms with Gasteiger partial charge in [0.05, 0.1) is 17.7 Å². The number of hydrogen-bond donors (Lipinski definition) is 1. The monoisotopic (exact) mass is 306 g/mol. The minimum absolute atomic E-state index is 0.00245. The van der Waals surface area contributed by atoms with E-state index in [4.69, 9.17) is 5.11 Å². The minimum atomic E-state index is -2.71. The highest BCUT2D eigenvalue weighted by Gasteiger charge is 2.16. The van der Waals surface area contributed by atoms with Crippen LogP contribution in [0, 0.1) is 0 Å². The Kier molecular flexibility index (Phi) is 4.15. The Bertz CT molecular complexity index is 668. The van der Waals surface area contributed by atoms with Gasteiger partial charge in [-0.25, -0.2) is 13.8 Å². The van der Waals surface area contributed by atoms with Crippen LogP contribution in [-0.2, 0) is 11.3 Å². The highest BCUT2D eigenvalue weighted by Crippen LogP contribution is 2.21. The van der Waals surface area contributed by atoms with Crippen molar-refractivity contribution in [3.63, 3.8) is 0 Å². The molecule has 0 amide bonds. The summed E-state index contributed by atoms with van der Waals surface area (Å²) in [5.41, 5.74) is -0.570. The van der Waals surface area contributed by atoms with Crippen LogP contribution >= 0.6 is 23.1 Å². The van der Waals surface area contributed by atoms with Crippen LogP contribution in [0.15, 0.2) is 21.4 Å². The zero-order chi connectivity index (χ0) is 14.0. The summed E-state index contributed by atoms with van der Waals surface area (Å²) in [5.74, 6) is -1.44. The number of thioether (sulfide) groups is 1. The number of aromatic nitrogens is 2. The highest BCUT2D eigenvalue weighted by atomic mass is 32.2. The zero-order valence-corrected chi connectivity index (χ0v) is 11.0. The van der Waals surface area contributed by atoms with Crippen molar-refractivity contribution in [3.8, 4) is 0 Å². The molecule has 0 aliphatic heterocycles. The van der Waals surface area contributed by atoms with E-state index in [1.54, 1.807) is 5.38 Å². The van der Waals surface area contributed by atoms with Crippen LogP contribution in [0.5, 0.6) is 0 Å². The van der Waals surface area contributed by atoms with E-state index in [2.05, 4.69) is 4.98 Å². The Morgan fingerprint density at radius 2 is 2.32 bits per heavy atom. The summed E-state index contributed by atoms with van der Waals surface area (Å²) in [6.45, 7) is -0.792. The van der Waals surface area contributed by atoms with Gasteiger partial charge < -0.3 is 5.11 Å². The van der Waals surface area contributed by atoms with Crippen molar-refractivity contribution >= 4 is 39.3 Å². The molecule has 2 aromatic rings. The van der Waals surface area contributed by atoms with Crippen molar-refractivity contribution in [1.29, 1.82) is 0 Å². The fraction of sp³-hybridized carbons (Fsp3) is 0.300.